The summed E-state index contributed by atoms with van der Waals surface area (Å²) >= 11 is 0. The van der Waals surface area contributed by atoms with Gasteiger partial charge >= 0.3 is 0 Å². The number of nitrogens with zero attached hydrogens (tertiary/aromatic N) is 4. The van der Waals surface area contributed by atoms with Crippen LogP contribution in [0, 0.1) is 0 Å². The Morgan fingerprint density at radius 3 is 2.96 bits per heavy atom. The van der Waals surface area contributed by atoms with Gasteiger partial charge in [0.2, 0.25) is 0 Å². The fourth-order valence-electron chi connectivity index (χ4n) is 3.09. The molecule has 0 saturated carbocycles. The van der Waals surface area contributed by atoms with Gasteiger partial charge in [0, 0.05) is 37.9 Å². The van der Waals surface area contributed by atoms with Crippen molar-refractivity contribution in [1.29, 1.82) is 0 Å². The molecule has 0 spiro atoms. The van der Waals surface area contributed by atoms with E-state index in [1.807, 2.05) is 28.8 Å². The van der Waals surface area contributed by atoms with E-state index in [2.05, 4.69) is 28.2 Å². The highest BCUT2D eigenvalue weighted by atomic mass is 16.5. The number of ether oxygens (including phenoxy) is 2. The molecule has 3 heterocycles. The van der Waals surface area contributed by atoms with Crippen molar-refractivity contribution in [3.63, 3.8) is 0 Å². The SMILES string of the molecule is COC[C@@H]1CN(c2cc(-c3ccccc3)nc3ccnn23)CCO1. The second-order valence-electron chi connectivity index (χ2n) is 5.86. The Labute approximate surface area is 140 Å². The van der Waals surface area contributed by atoms with Crippen LogP contribution in [0.1, 0.15) is 0 Å². The smallest absolute Gasteiger partial charge is 0.157 e. The van der Waals surface area contributed by atoms with Gasteiger partial charge in [0.25, 0.3) is 0 Å². The molecule has 1 aromatic carbocycles. The maximum atomic E-state index is 5.77. The third-order valence-corrected chi connectivity index (χ3v) is 4.23. The lowest BCUT2D eigenvalue weighted by atomic mass is 10.1. The summed E-state index contributed by atoms with van der Waals surface area (Å²) in [5.74, 6) is 1.04. The molecule has 1 aliphatic heterocycles. The molecule has 0 N–H and O–H groups in total. The molecule has 0 bridgehead atoms. The van der Waals surface area contributed by atoms with Crippen LogP contribution in [-0.2, 0) is 9.47 Å². The summed E-state index contributed by atoms with van der Waals surface area (Å²) in [6, 6.07) is 14.3. The van der Waals surface area contributed by atoms with Gasteiger partial charge in [0.05, 0.1) is 31.2 Å². The van der Waals surface area contributed by atoms with Crippen molar-refractivity contribution in [2.45, 2.75) is 6.10 Å². The number of aromatic nitrogens is 3. The number of anilines is 1. The van der Waals surface area contributed by atoms with E-state index in [1.54, 1.807) is 13.3 Å². The van der Waals surface area contributed by atoms with Gasteiger partial charge in [0.15, 0.2) is 5.65 Å². The first kappa shape index (κ1) is 15.1. The molecule has 124 valence electrons. The average Bonchev–Trinajstić information content (AvgIpc) is 3.11. The fourth-order valence-corrected chi connectivity index (χ4v) is 3.09. The number of morpholine rings is 1. The van der Waals surface area contributed by atoms with E-state index in [0.717, 1.165) is 35.8 Å². The van der Waals surface area contributed by atoms with E-state index >= 15 is 0 Å². The number of methoxy groups -OCH3 is 1. The van der Waals surface area contributed by atoms with Crippen LogP contribution in [0.15, 0.2) is 48.7 Å². The highest BCUT2D eigenvalue weighted by Crippen LogP contribution is 2.25. The van der Waals surface area contributed by atoms with Crippen molar-refractivity contribution < 1.29 is 9.47 Å². The van der Waals surface area contributed by atoms with Crippen LogP contribution < -0.4 is 4.90 Å². The minimum atomic E-state index is 0.0719. The zero-order chi connectivity index (χ0) is 16.4. The number of benzene rings is 1. The van der Waals surface area contributed by atoms with Crippen LogP contribution >= 0.6 is 0 Å². The number of rotatable bonds is 4. The van der Waals surface area contributed by atoms with Crippen LogP contribution in [0.25, 0.3) is 16.9 Å². The number of hydrogen-bond donors (Lipinski definition) is 0. The standard InChI is InChI=1S/C18H20N4O2/c1-23-13-15-12-21(9-10-24-15)18-11-16(14-5-3-2-4-6-14)20-17-7-8-19-22(17)18/h2-8,11,15H,9-10,12-13H2,1H3/t15-/m0/s1. The van der Waals surface area contributed by atoms with Crippen molar-refractivity contribution in [2.75, 3.05) is 38.3 Å². The topological polar surface area (TPSA) is 51.9 Å². The highest BCUT2D eigenvalue weighted by Gasteiger charge is 2.23. The lowest BCUT2D eigenvalue weighted by Crippen LogP contribution is -2.45. The van der Waals surface area contributed by atoms with Gasteiger partial charge in [-0.2, -0.15) is 9.61 Å². The molecule has 2 aromatic heterocycles. The Morgan fingerprint density at radius 2 is 2.12 bits per heavy atom. The highest BCUT2D eigenvalue weighted by molar-refractivity contribution is 5.66. The summed E-state index contributed by atoms with van der Waals surface area (Å²) in [4.78, 5) is 7.03. The summed E-state index contributed by atoms with van der Waals surface area (Å²) in [5, 5.41) is 4.44. The van der Waals surface area contributed by atoms with E-state index in [0.29, 0.717) is 13.2 Å². The van der Waals surface area contributed by atoms with Crippen LogP contribution in [0.2, 0.25) is 0 Å². The first-order valence-electron chi connectivity index (χ1n) is 8.11. The minimum absolute atomic E-state index is 0.0719. The zero-order valence-electron chi connectivity index (χ0n) is 13.6. The van der Waals surface area contributed by atoms with Crippen molar-refractivity contribution in [3.8, 4) is 11.3 Å². The molecule has 1 atom stereocenters. The van der Waals surface area contributed by atoms with Crippen molar-refractivity contribution in [3.05, 3.63) is 48.7 Å². The normalized spacial score (nSPS) is 18.2. The third kappa shape index (κ3) is 2.86. The zero-order valence-corrected chi connectivity index (χ0v) is 13.6. The average molecular weight is 324 g/mol. The molecular weight excluding hydrogens is 304 g/mol. The maximum absolute atomic E-state index is 5.77. The summed E-state index contributed by atoms with van der Waals surface area (Å²) in [6.45, 7) is 2.88. The lowest BCUT2D eigenvalue weighted by molar-refractivity contribution is -0.0103. The molecule has 0 radical (unpaired) electrons. The molecule has 0 aliphatic carbocycles. The summed E-state index contributed by atoms with van der Waals surface area (Å²) in [6.07, 6.45) is 1.86. The van der Waals surface area contributed by atoms with Crippen LogP contribution in [0.5, 0.6) is 0 Å². The quantitative estimate of drug-likeness (QED) is 0.737. The lowest BCUT2D eigenvalue weighted by Gasteiger charge is -2.34. The van der Waals surface area contributed by atoms with E-state index in [-0.39, 0.29) is 6.10 Å². The van der Waals surface area contributed by atoms with Crippen molar-refractivity contribution >= 4 is 11.5 Å². The molecule has 4 rings (SSSR count). The predicted molar refractivity (Wildman–Crippen MR) is 92.3 cm³/mol. The molecule has 6 heteroatoms. The minimum Gasteiger partial charge on any atom is -0.382 e. The monoisotopic (exact) mass is 324 g/mol. The third-order valence-electron chi connectivity index (χ3n) is 4.23. The Balaban J connectivity index is 1.75. The van der Waals surface area contributed by atoms with E-state index in [9.17, 15) is 0 Å². The van der Waals surface area contributed by atoms with Crippen LogP contribution in [-0.4, -0.2) is 54.1 Å². The van der Waals surface area contributed by atoms with Crippen LogP contribution in [0.4, 0.5) is 5.82 Å². The Bertz CT molecular complexity index is 816. The summed E-state index contributed by atoms with van der Waals surface area (Å²) in [5.41, 5.74) is 2.90. The Hall–Kier alpha value is -2.44. The fraction of sp³-hybridized carbons (Fsp3) is 0.333. The van der Waals surface area contributed by atoms with E-state index in [1.165, 1.54) is 0 Å². The van der Waals surface area contributed by atoms with E-state index < -0.39 is 0 Å². The number of hydrogen-bond acceptors (Lipinski definition) is 5. The molecule has 1 aliphatic rings. The molecule has 0 amide bonds. The van der Waals surface area contributed by atoms with Gasteiger partial charge in [-0.15, -0.1) is 0 Å². The Morgan fingerprint density at radius 1 is 1.25 bits per heavy atom. The molecule has 0 unspecified atom stereocenters. The van der Waals surface area contributed by atoms with Gasteiger partial charge in [0.1, 0.15) is 5.82 Å². The summed E-state index contributed by atoms with van der Waals surface area (Å²) in [7, 11) is 1.70. The van der Waals surface area contributed by atoms with Gasteiger partial charge in [-0.1, -0.05) is 30.3 Å². The first-order chi connectivity index (χ1) is 11.8. The second-order valence-corrected chi connectivity index (χ2v) is 5.86. The Kier molecular flexibility index (Phi) is 4.15. The van der Waals surface area contributed by atoms with Gasteiger partial charge < -0.3 is 14.4 Å². The summed E-state index contributed by atoms with van der Waals surface area (Å²) < 4.78 is 12.9. The van der Waals surface area contributed by atoms with Crippen molar-refractivity contribution in [1.82, 2.24) is 14.6 Å². The molecule has 24 heavy (non-hydrogen) atoms. The molecule has 1 fully saturated rings. The molecule has 1 saturated heterocycles. The van der Waals surface area contributed by atoms with E-state index in [4.69, 9.17) is 14.5 Å². The van der Waals surface area contributed by atoms with Crippen LogP contribution in [0.3, 0.4) is 0 Å². The molecule has 6 nitrogen and oxygen atoms in total. The largest absolute Gasteiger partial charge is 0.382 e. The van der Waals surface area contributed by atoms with Gasteiger partial charge in [-0.3, -0.25) is 0 Å². The van der Waals surface area contributed by atoms with Gasteiger partial charge in [-0.05, 0) is 0 Å². The predicted octanol–water partition coefficient (Wildman–Crippen LogP) is 2.25. The van der Waals surface area contributed by atoms with Crippen molar-refractivity contribution in [2.24, 2.45) is 0 Å². The van der Waals surface area contributed by atoms with Gasteiger partial charge in [-0.25, -0.2) is 4.98 Å². The molecule has 3 aromatic rings. The number of fused-ring (bicyclic) bond motifs is 1. The maximum Gasteiger partial charge on any atom is 0.157 e. The second kappa shape index (κ2) is 6.59. The first-order valence-corrected chi connectivity index (χ1v) is 8.11. The molecular formula is C18H20N4O2.